The van der Waals surface area contributed by atoms with Gasteiger partial charge in [0.2, 0.25) is 0 Å². The van der Waals surface area contributed by atoms with E-state index >= 15 is 0 Å². The number of likely N-dealkylation sites (tertiary alicyclic amines) is 1. The topological polar surface area (TPSA) is 51.0 Å². The Labute approximate surface area is 125 Å². The Morgan fingerprint density at radius 2 is 2.14 bits per heavy atom. The second-order valence-electron chi connectivity index (χ2n) is 6.22. The standard InChI is InChI=1S/C16H22N4O/c1-10-6-5-7-20(9-10)16(21)13-8-11(2)17-15-14(13)12(3)18-19(15)4/h8,10H,5-7,9H2,1-4H3. The molecule has 1 amide bonds. The van der Waals surface area contributed by atoms with Crippen molar-refractivity contribution in [3.63, 3.8) is 0 Å². The van der Waals surface area contributed by atoms with Gasteiger partial charge in [-0.15, -0.1) is 0 Å². The van der Waals surface area contributed by atoms with Crippen molar-refractivity contribution in [2.75, 3.05) is 13.1 Å². The third-order valence-electron chi connectivity index (χ3n) is 4.27. The number of aromatic nitrogens is 3. The van der Waals surface area contributed by atoms with Gasteiger partial charge in [-0.25, -0.2) is 4.98 Å². The predicted molar refractivity (Wildman–Crippen MR) is 82.3 cm³/mol. The quantitative estimate of drug-likeness (QED) is 0.809. The molecule has 21 heavy (non-hydrogen) atoms. The maximum Gasteiger partial charge on any atom is 0.254 e. The number of piperidine rings is 1. The third-order valence-corrected chi connectivity index (χ3v) is 4.27. The molecule has 5 nitrogen and oxygen atoms in total. The minimum absolute atomic E-state index is 0.119. The molecule has 3 rings (SSSR count). The molecule has 1 aliphatic heterocycles. The van der Waals surface area contributed by atoms with Crippen LogP contribution >= 0.6 is 0 Å². The summed E-state index contributed by atoms with van der Waals surface area (Å²) in [4.78, 5) is 19.4. The Kier molecular flexibility index (Phi) is 3.43. The zero-order valence-corrected chi connectivity index (χ0v) is 13.2. The molecule has 112 valence electrons. The summed E-state index contributed by atoms with van der Waals surface area (Å²) in [6.07, 6.45) is 2.30. The van der Waals surface area contributed by atoms with E-state index in [1.807, 2.05) is 31.9 Å². The van der Waals surface area contributed by atoms with Gasteiger partial charge in [-0.3, -0.25) is 9.48 Å². The second-order valence-corrected chi connectivity index (χ2v) is 6.22. The molecule has 0 spiro atoms. The zero-order chi connectivity index (χ0) is 15.1. The number of carbonyl (C=O) groups is 1. The molecule has 0 N–H and O–H groups in total. The summed E-state index contributed by atoms with van der Waals surface area (Å²) in [7, 11) is 1.87. The maximum absolute atomic E-state index is 12.9. The van der Waals surface area contributed by atoms with E-state index in [4.69, 9.17) is 0 Å². The SMILES string of the molecule is Cc1cc(C(=O)N2CCCC(C)C2)c2c(C)nn(C)c2n1. The van der Waals surface area contributed by atoms with Crippen LogP contribution in [0, 0.1) is 19.8 Å². The van der Waals surface area contributed by atoms with Crippen molar-refractivity contribution in [2.45, 2.75) is 33.6 Å². The van der Waals surface area contributed by atoms with Gasteiger partial charge < -0.3 is 4.90 Å². The molecule has 0 saturated carbocycles. The van der Waals surface area contributed by atoms with E-state index in [1.54, 1.807) is 4.68 Å². The molecule has 1 saturated heterocycles. The first-order valence-electron chi connectivity index (χ1n) is 7.57. The first-order valence-corrected chi connectivity index (χ1v) is 7.57. The van der Waals surface area contributed by atoms with Crippen molar-refractivity contribution in [1.82, 2.24) is 19.7 Å². The maximum atomic E-state index is 12.9. The molecular weight excluding hydrogens is 264 g/mol. The summed E-state index contributed by atoms with van der Waals surface area (Å²) in [6, 6.07) is 1.90. The highest BCUT2D eigenvalue weighted by atomic mass is 16.2. The van der Waals surface area contributed by atoms with E-state index in [-0.39, 0.29) is 5.91 Å². The number of fused-ring (bicyclic) bond motifs is 1. The van der Waals surface area contributed by atoms with Crippen molar-refractivity contribution >= 4 is 16.9 Å². The van der Waals surface area contributed by atoms with Crippen molar-refractivity contribution < 1.29 is 4.79 Å². The van der Waals surface area contributed by atoms with E-state index in [0.717, 1.165) is 47.5 Å². The van der Waals surface area contributed by atoms with Gasteiger partial charge in [-0.2, -0.15) is 5.10 Å². The summed E-state index contributed by atoms with van der Waals surface area (Å²) in [5, 5.41) is 5.31. The second kappa shape index (κ2) is 5.13. The van der Waals surface area contributed by atoms with Crippen LogP contribution in [0.25, 0.3) is 11.0 Å². The first-order chi connectivity index (χ1) is 9.97. The van der Waals surface area contributed by atoms with Crippen LogP contribution in [0.15, 0.2) is 6.07 Å². The van der Waals surface area contributed by atoms with E-state index in [2.05, 4.69) is 17.0 Å². The zero-order valence-electron chi connectivity index (χ0n) is 13.2. The molecule has 1 fully saturated rings. The molecule has 0 bridgehead atoms. The van der Waals surface area contributed by atoms with E-state index < -0.39 is 0 Å². The van der Waals surface area contributed by atoms with Crippen LogP contribution in [0.5, 0.6) is 0 Å². The average Bonchev–Trinajstić information content (AvgIpc) is 2.72. The van der Waals surface area contributed by atoms with Crippen molar-refractivity contribution in [3.8, 4) is 0 Å². The minimum Gasteiger partial charge on any atom is -0.338 e. The van der Waals surface area contributed by atoms with Gasteiger partial charge in [0.25, 0.3) is 5.91 Å². The van der Waals surface area contributed by atoms with Crippen LogP contribution < -0.4 is 0 Å². The molecule has 0 radical (unpaired) electrons. The molecule has 0 aliphatic carbocycles. The Morgan fingerprint density at radius 1 is 1.38 bits per heavy atom. The normalized spacial score (nSPS) is 19.2. The number of amides is 1. The highest BCUT2D eigenvalue weighted by Crippen LogP contribution is 2.25. The van der Waals surface area contributed by atoms with Crippen LogP contribution in [0.2, 0.25) is 0 Å². The smallest absolute Gasteiger partial charge is 0.254 e. The lowest BCUT2D eigenvalue weighted by Gasteiger charge is -2.31. The van der Waals surface area contributed by atoms with Gasteiger partial charge in [0.15, 0.2) is 5.65 Å². The third kappa shape index (κ3) is 2.41. The summed E-state index contributed by atoms with van der Waals surface area (Å²) >= 11 is 0. The highest BCUT2D eigenvalue weighted by molar-refractivity contribution is 6.06. The lowest BCUT2D eigenvalue weighted by molar-refractivity contribution is 0.0685. The first kappa shape index (κ1) is 14.0. The molecule has 3 heterocycles. The monoisotopic (exact) mass is 286 g/mol. The molecular formula is C16H22N4O. The van der Waals surface area contributed by atoms with Crippen molar-refractivity contribution in [3.05, 3.63) is 23.0 Å². The number of hydrogen-bond donors (Lipinski definition) is 0. The average molecular weight is 286 g/mol. The number of rotatable bonds is 1. The van der Waals surface area contributed by atoms with E-state index in [1.165, 1.54) is 6.42 Å². The molecule has 1 aliphatic rings. The van der Waals surface area contributed by atoms with E-state index in [9.17, 15) is 4.79 Å². The van der Waals surface area contributed by atoms with Crippen LogP contribution in [-0.2, 0) is 7.05 Å². The molecule has 0 aromatic carbocycles. The fraction of sp³-hybridized carbons (Fsp3) is 0.562. The summed E-state index contributed by atoms with van der Waals surface area (Å²) < 4.78 is 1.76. The minimum atomic E-state index is 0.119. The van der Waals surface area contributed by atoms with Crippen LogP contribution in [0.4, 0.5) is 0 Å². The van der Waals surface area contributed by atoms with Gasteiger partial charge >= 0.3 is 0 Å². The van der Waals surface area contributed by atoms with E-state index in [0.29, 0.717) is 5.92 Å². The summed E-state index contributed by atoms with van der Waals surface area (Å²) in [6.45, 7) is 7.78. The lowest BCUT2D eigenvalue weighted by atomic mass is 9.99. The number of carbonyl (C=O) groups excluding carboxylic acids is 1. The molecule has 1 unspecified atom stereocenters. The molecule has 5 heteroatoms. The van der Waals surface area contributed by atoms with Crippen LogP contribution in [-0.4, -0.2) is 38.7 Å². The number of pyridine rings is 1. The highest BCUT2D eigenvalue weighted by Gasteiger charge is 2.25. The van der Waals surface area contributed by atoms with Gasteiger partial charge in [0, 0.05) is 25.8 Å². The van der Waals surface area contributed by atoms with Crippen molar-refractivity contribution in [1.29, 1.82) is 0 Å². The van der Waals surface area contributed by atoms with Crippen LogP contribution in [0.3, 0.4) is 0 Å². The number of nitrogens with zero attached hydrogens (tertiary/aromatic N) is 4. The van der Waals surface area contributed by atoms with Gasteiger partial charge in [0.1, 0.15) is 0 Å². The summed E-state index contributed by atoms with van der Waals surface area (Å²) in [5.74, 6) is 0.698. The lowest BCUT2D eigenvalue weighted by Crippen LogP contribution is -2.39. The Hall–Kier alpha value is -1.91. The van der Waals surface area contributed by atoms with Gasteiger partial charge in [-0.1, -0.05) is 6.92 Å². The fourth-order valence-corrected chi connectivity index (χ4v) is 3.28. The van der Waals surface area contributed by atoms with Crippen LogP contribution in [0.1, 0.15) is 41.5 Å². The predicted octanol–water partition coefficient (Wildman–Crippen LogP) is 2.46. The Bertz CT molecular complexity index is 704. The Balaban J connectivity index is 2.09. The number of aryl methyl sites for hydroxylation is 3. The van der Waals surface area contributed by atoms with Gasteiger partial charge in [-0.05, 0) is 38.7 Å². The molecule has 2 aromatic heterocycles. The largest absolute Gasteiger partial charge is 0.338 e. The van der Waals surface area contributed by atoms with Crippen molar-refractivity contribution in [2.24, 2.45) is 13.0 Å². The summed E-state index contributed by atoms with van der Waals surface area (Å²) in [5.41, 5.74) is 3.27. The fourth-order valence-electron chi connectivity index (χ4n) is 3.28. The Morgan fingerprint density at radius 3 is 2.86 bits per heavy atom. The molecule has 1 atom stereocenters. The number of hydrogen-bond acceptors (Lipinski definition) is 3. The van der Waals surface area contributed by atoms with Gasteiger partial charge in [0.05, 0.1) is 16.6 Å². The molecule has 2 aromatic rings.